The van der Waals surface area contributed by atoms with Gasteiger partial charge >= 0.3 is 6.18 Å². The minimum Gasteiger partial charge on any atom is -0.397 e. The van der Waals surface area contributed by atoms with Gasteiger partial charge in [-0.25, -0.2) is 0 Å². The van der Waals surface area contributed by atoms with Gasteiger partial charge < -0.3 is 11.1 Å². The predicted molar refractivity (Wildman–Crippen MR) is 59.2 cm³/mol. The highest BCUT2D eigenvalue weighted by Crippen LogP contribution is 2.33. The van der Waals surface area contributed by atoms with E-state index in [0.29, 0.717) is 5.69 Å². The van der Waals surface area contributed by atoms with Crippen LogP contribution in [-0.2, 0) is 6.18 Å². The fourth-order valence-electron chi connectivity index (χ4n) is 1.26. The zero-order chi connectivity index (χ0) is 12.6. The molecule has 0 unspecified atom stereocenters. The molecular weight excluding hydrogens is 217 g/mol. The van der Waals surface area contributed by atoms with Crippen molar-refractivity contribution in [1.29, 1.82) is 0 Å². The van der Waals surface area contributed by atoms with E-state index < -0.39 is 11.7 Å². The Morgan fingerprint density at radius 2 is 1.69 bits per heavy atom. The molecule has 3 N–H and O–H groups in total. The van der Waals surface area contributed by atoms with Gasteiger partial charge in [0.15, 0.2) is 0 Å². The second-order valence-corrected chi connectivity index (χ2v) is 4.67. The van der Waals surface area contributed by atoms with Gasteiger partial charge in [0.05, 0.1) is 16.9 Å². The molecule has 1 aromatic carbocycles. The Morgan fingerprint density at radius 1 is 1.12 bits per heavy atom. The largest absolute Gasteiger partial charge is 0.416 e. The Hall–Kier alpha value is -1.39. The van der Waals surface area contributed by atoms with E-state index in [1.165, 1.54) is 6.07 Å². The van der Waals surface area contributed by atoms with Crippen molar-refractivity contribution >= 4 is 11.4 Å². The van der Waals surface area contributed by atoms with Crippen LogP contribution in [0.2, 0.25) is 0 Å². The van der Waals surface area contributed by atoms with Gasteiger partial charge in [-0.2, -0.15) is 13.2 Å². The quantitative estimate of drug-likeness (QED) is 0.727. The third-order valence-corrected chi connectivity index (χ3v) is 1.89. The summed E-state index contributed by atoms with van der Waals surface area (Å²) in [6, 6.07) is 3.31. The molecule has 0 bridgehead atoms. The van der Waals surface area contributed by atoms with Crippen molar-refractivity contribution in [2.24, 2.45) is 0 Å². The van der Waals surface area contributed by atoms with Crippen molar-refractivity contribution in [3.05, 3.63) is 23.8 Å². The van der Waals surface area contributed by atoms with Crippen LogP contribution in [0.5, 0.6) is 0 Å². The normalized spacial score (nSPS) is 12.6. The zero-order valence-electron chi connectivity index (χ0n) is 9.44. The third kappa shape index (κ3) is 3.32. The average molecular weight is 232 g/mol. The third-order valence-electron chi connectivity index (χ3n) is 1.89. The lowest BCUT2D eigenvalue weighted by Crippen LogP contribution is -2.26. The number of rotatable bonds is 1. The van der Waals surface area contributed by atoms with Crippen LogP contribution in [0.4, 0.5) is 24.5 Å². The Labute approximate surface area is 92.6 Å². The minimum atomic E-state index is -4.35. The van der Waals surface area contributed by atoms with Gasteiger partial charge in [0, 0.05) is 5.54 Å². The molecule has 0 radical (unpaired) electrons. The lowest BCUT2D eigenvalue weighted by molar-refractivity contribution is -0.137. The van der Waals surface area contributed by atoms with E-state index in [-0.39, 0.29) is 11.2 Å². The molecule has 0 fully saturated rings. The molecule has 0 atom stereocenters. The van der Waals surface area contributed by atoms with Crippen molar-refractivity contribution in [2.45, 2.75) is 32.5 Å². The number of nitrogens with two attached hydrogens (primary N) is 1. The lowest BCUT2D eigenvalue weighted by Gasteiger charge is -2.23. The van der Waals surface area contributed by atoms with E-state index in [1.807, 2.05) is 20.8 Å². The number of hydrogen-bond acceptors (Lipinski definition) is 2. The molecule has 1 rings (SSSR count). The summed E-state index contributed by atoms with van der Waals surface area (Å²) >= 11 is 0. The number of nitrogen functional groups attached to an aromatic ring is 1. The summed E-state index contributed by atoms with van der Waals surface area (Å²) in [5.41, 5.74) is 5.20. The summed E-state index contributed by atoms with van der Waals surface area (Å²) < 4.78 is 37.1. The first-order chi connectivity index (χ1) is 7.09. The lowest BCUT2D eigenvalue weighted by atomic mass is 10.1. The SMILES string of the molecule is CC(C)(C)Nc1ccc(C(F)(F)F)cc1N. The summed E-state index contributed by atoms with van der Waals surface area (Å²) in [5, 5.41) is 3.04. The molecule has 0 amide bonds. The van der Waals surface area contributed by atoms with Gasteiger partial charge in [-0.1, -0.05) is 0 Å². The molecule has 1 aromatic rings. The van der Waals surface area contributed by atoms with Crippen LogP contribution in [0, 0.1) is 0 Å². The first kappa shape index (κ1) is 12.7. The molecular formula is C11H15F3N2. The van der Waals surface area contributed by atoms with Crippen molar-refractivity contribution in [3.63, 3.8) is 0 Å². The molecule has 0 aromatic heterocycles. The molecule has 5 heteroatoms. The van der Waals surface area contributed by atoms with E-state index >= 15 is 0 Å². The zero-order valence-corrected chi connectivity index (χ0v) is 9.44. The minimum absolute atomic E-state index is 0.102. The summed E-state index contributed by atoms with van der Waals surface area (Å²) in [5.74, 6) is 0. The fraction of sp³-hybridized carbons (Fsp3) is 0.455. The highest BCUT2D eigenvalue weighted by atomic mass is 19.4. The number of benzene rings is 1. The number of nitrogens with one attached hydrogen (secondary N) is 1. The molecule has 2 nitrogen and oxygen atoms in total. The van der Waals surface area contributed by atoms with Crippen LogP contribution in [0.25, 0.3) is 0 Å². The van der Waals surface area contributed by atoms with E-state index in [9.17, 15) is 13.2 Å². The van der Waals surface area contributed by atoms with Crippen molar-refractivity contribution in [2.75, 3.05) is 11.1 Å². The summed E-state index contributed by atoms with van der Waals surface area (Å²) in [6.45, 7) is 5.72. The van der Waals surface area contributed by atoms with Crippen LogP contribution in [0.1, 0.15) is 26.3 Å². The summed E-state index contributed by atoms with van der Waals surface area (Å²) in [6.07, 6.45) is -4.35. The maximum absolute atomic E-state index is 12.4. The van der Waals surface area contributed by atoms with Gasteiger partial charge in [0.2, 0.25) is 0 Å². The molecule has 16 heavy (non-hydrogen) atoms. The Morgan fingerprint density at radius 3 is 2.06 bits per heavy atom. The van der Waals surface area contributed by atoms with E-state index in [1.54, 1.807) is 0 Å². The van der Waals surface area contributed by atoms with Gasteiger partial charge in [-0.3, -0.25) is 0 Å². The van der Waals surface area contributed by atoms with Gasteiger partial charge in [0.1, 0.15) is 0 Å². The first-order valence-electron chi connectivity index (χ1n) is 4.84. The van der Waals surface area contributed by atoms with Crippen LogP contribution in [0.3, 0.4) is 0 Å². The molecule has 0 saturated carbocycles. The second kappa shape index (κ2) is 3.88. The van der Waals surface area contributed by atoms with Crippen molar-refractivity contribution < 1.29 is 13.2 Å². The maximum Gasteiger partial charge on any atom is 0.416 e. The van der Waals surface area contributed by atoms with Crippen molar-refractivity contribution in [3.8, 4) is 0 Å². The van der Waals surface area contributed by atoms with Gasteiger partial charge in [-0.05, 0) is 39.0 Å². The van der Waals surface area contributed by atoms with E-state index in [4.69, 9.17) is 5.73 Å². The Balaban J connectivity index is 3.01. The Bertz CT molecular complexity index is 378. The molecule has 0 spiro atoms. The predicted octanol–water partition coefficient (Wildman–Crippen LogP) is 3.50. The highest BCUT2D eigenvalue weighted by molar-refractivity contribution is 5.68. The van der Waals surface area contributed by atoms with Crippen LogP contribution in [-0.4, -0.2) is 5.54 Å². The number of alkyl halides is 3. The summed E-state index contributed by atoms with van der Waals surface area (Å²) in [4.78, 5) is 0. The highest BCUT2D eigenvalue weighted by Gasteiger charge is 2.30. The van der Waals surface area contributed by atoms with E-state index in [0.717, 1.165) is 12.1 Å². The molecule has 0 heterocycles. The number of halogens is 3. The average Bonchev–Trinajstić information content (AvgIpc) is 2.04. The first-order valence-corrected chi connectivity index (χ1v) is 4.84. The Kier molecular flexibility index (Phi) is 3.08. The van der Waals surface area contributed by atoms with Crippen LogP contribution in [0.15, 0.2) is 18.2 Å². The molecule has 0 aliphatic carbocycles. The van der Waals surface area contributed by atoms with E-state index in [2.05, 4.69) is 5.32 Å². The smallest absolute Gasteiger partial charge is 0.397 e. The van der Waals surface area contributed by atoms with Crippen LogP contribution >= 0.6 is 0 Å². The van der Waals surface area contributed by atoms with Crippen molar-refractivity contribution in [1.82, 2.24) is 0 Å². The maximum atomic E-state index is 12.4. The van der Waals surface area contributed by atoms with Crippen LogP contribution < -0.4 is 11.1 Å². The molecule has 0 saturated heterocycles. The number of hydrogen-bond donors (Lipinski definition) is 2. The standard InChI is InChI=1S/C11H15F3N2/c1-10(2,3)16-9-5-4-7(6-8(9)15)11(12,13)14/h4-6,16H,15H2,1-3H3. The second-order valence-electron chi connectivity index (χ2n) is 4.67. The fourth-order valence-corrected chi connectivity index (χ4v) is 1.26. The number of anilines is 2. The monoisotopic (exact) mass is 232 g/mol. The topological polar surface area (TPSA) is 38.0 Å². The molecule has 0 aliphatic rings. The molecule has 0 aliphatic heterocycles. The van der Waals surface area contributed by atoms with Gasteiger partial charge in [-0.15, -0.1) is 0 Å². The summed E-state index contributed by atoms with van der Waals surface area (Å²) in [7, 11) is 0. The molecule has 90 valence electrons. The van der Waals surface area contributed by atoms with Gasteiger partial charge in [0.25, 0.3) is 0 Å².